The topological polar surface area (TPSA) is 49.4 Å². The maximum absolute atomic E-state index is 13.3. The van der Waals surface area contributed by atoms with Crippen molar-refractivity contribution in [1.82, 2.24) is 0 Å². The van der Waals surface area contributed by atoms with Gasteiger partial charge in [-0.3, -0.25) is 9.59 Å². The van der Waals surface area contributed by atoms with Crippen LogP contribution >= 0.6 is 0 Å². The lowest BCUT2D eigenvalue weighted by atomic mass is 10.0. The highest BCUT2D eigenvalue weighted by Gasteiger charge is 2.20. The number of hydrogen-bond donors (Lipinski definition) is 1. The number of anilines is 2. The summed E-state index contributed by atoms with van der Waals surface area (Å²) < 4.78 is 0. The van der Waals surface area contributed by atoms with E-state index in [0.717, 1.165) is 16.8 Å². The molecule has 0 atom stereocenters. The van der Waals surface area contributed by atoms with Crippen molar-refractivity contribution in [3.63, 3.8) is 0 Å². The van der Waals surface area contributed by atoms with Crippen LogP contribution in [0.3, 0.4) is 0 Å². The molecule has 4 nitrogen and oxygen atoms in total. The molecule has 0 unspecified atom stereocenters. The summed E-state index contributed by atoms with van der Waals surface area (Å²) in [7, 11) is 0. The van der Waals surface area contributed by atoms with E-state index >= 15 is 0 Å². The molecule has 0 aliphatic carbocycles. The van der Waals surface area contributed by atoms with E-state index in [4.69, 9.17) is 0 Å². The molecule has 0 saturated carbocycles. The second-order valence-corrected chi connectivity index (χ2v) is 7.33. The molecule has 4 heteroatoms. The molecule has 0 saturated heterocycles. The second-order valence-electron chi connectivity index (χ2n) is 7.33. The molecule has 0 fully saturated rings. The van der Waals surface area contributed by atoms with Crippen LogP contribution in [0, 0.1) is 0 Å². The Kier molecular flexibility index (Phi) is 6.42. The van der Waals surface area contributed by atoms with Crippen LogP contribution in [0.1, 0.15) is 27.6 Å². The third-order valence-corrected chi connectivity index (χ3v) is 5.29. The van der Waals surface area contributed by atoms with Crippen molar-refractivity contribution < 1.29 is 9.59 Å². The molecule has 0 aliphatic heterocycles. The molecular weight excluding hydrogens is 396 g/mol. The van der Waals surface area contributed by atoms with E-state index in [0.29, 0.717) is 23.4 Å². The number of nitrogens with zero attached hydrogens (tertiary/aromatic N) is 1. The molecule has 1 N–H and O–H groups in total. The highest BCUT2D eigenvalue weighted by Crippen LogP contribution is 2.23. The van der Waals surface area contributed by atoms with Crippen molar-refractivity contribution in [2.75, 3.05) is 16.8 Å². The second kappa shape index (κ2) is 9.75. The molecule has 0 bridgehead atoms. The van der Waals surface area contributed by atoms with Crippen molar-refractivity contribution in [1.29, 1.82) is 0 Å². The van der Waals surface area contributed by atoms with E-state index in [2.05, 4.69) is 5.32 Å². The zero-order chi connectivity index (χ0) is 22.3. The fourth-order valence-electron chi connectivity index (χ4n) is 3.61. The Morgan fingerprint density at radius 3 is 1.91 bits per heavy atom. The van der Waals surface area contributed by atoms with Crippen LogP contribution in [-0.2, 0) is 0 Å². The minimum atomic E-state index is -0.257. The van der Waals surface area contributed by atoms with E-state index in [1.54, 1.807) is 35.2 Å². The number of carbonyl (C=O) groups excluding carboxylic acids is 2. The van der Waals surface area contributed by atoms with Crippen LogP contribution in [-0.4, -0.2) is 18.4 Å². The molecule has 0 radical (unpaired) electrons. The fraction of sp³-hybridized carbons (Fsp3) is 0.0714. The normalized spacial score (nSPS) is 10.4. The third kappa shape index (κ3) is 4.60. The Morgan fingerprint density at radius 1 is 0.688 bits per heavy atom. The van der Waals surface area contributed by atoms with E-state index in [-0.39, 0.29) is 11.8 Å². The monoisotopic (exact) mass is 420 g/mol. The minimum absolute atomic E-state index is 0.158. The number of para-hydroxylation sites is 2. The van der Waals surface area contributed by atoms with Gasteiger partial charge in [0, 0.05) is 17.8 Å². The number of amides is 2. The number of nitrogens with one attached hydrogen (secondary N) is 1. The molecule has 0 aliphatic rings. The summed E-state index contributed by atoms with van der Waals surface area (Å²) in [5.74, 6) is -0.415. The molecular formula is C28H24N2O2. The lowest BCUT2D eigenvalue weighted by Crippen LogP contribution is -2.31. The van der Waals surface area contributed by atoms with Gasteiger partial charge in [0.2, 0.25) is 0 Å². The van der Waals surface area contributed by atoms with Gasteiger partial charge in [-0.15, -0.1) is 0 Å². The molecule has 158 valence electrons. The van der Waals surface area contributed by atoms with Crippen LogP contribution in [0.4, 0.5) is 11.4 Å². The van der Waals surface area contributed by atoms with Gasteiger partial charge in [0.15, 0.2) is 0 Å². The van der Waals surface area contributed by atoms with Crippen LogP contribution in [0.15, 0.2) is 109 Å². The van der Waals surface area contributed by atoms with Gasteiger partial charge in [0.1, 0.15) is 0 Å². The number of benzene rings is 4. The Labute approximate surface area is 188 Å². The quantitative estimate of drug-likeness (QED) is 0.399. The van der Waals surface area contributed by atoms with Gasteiger partial charge < -0.3 is 10.2 Å². The van der Waals surface area contributed by atoms with E-state index in [1.165, 1.54) is 0 Å². The summed E-state index contributed by atoms with van der Waals surface area (Å²) in [5.41, 5.74) is 4.42. The number of carbonyl (C=O) groups is 2. The van der Waals surface area contributed by atoms with Crippen LogP contribution in [0.25, 0.3) is 11.1 Å². The SMILES string of the molecule is CCN(C(=O)c1ccccc1NC(=O)c1ccc(-c2ccccc2)cc1)c1ccccc1. The van der Waals surface area contributed by atoms with Crippen LogP contribution in [0.5, 0.6) is 0 Å². The van der Waals surface area contributed by atoms with Gasteiger partial charge in [-0.25, -0.2) is 0 Å². The van der Waals surface area contributed by atoms with Crippen molar-refractivity contribution >= 4 is 23.2 Å². The zero-order valence-electron chi connectivity index (χ0n) is 17.9. The molecule has 0 spiro atoms. The van der Waals surface area contributed by atoms with E-state index in [9.17, 15) is 9.59 Å². The Balaban J connectivity index is 1.55. The first kappa shape index (κ1) is 21.1. The van der Waals surface area contributed by atoms with Gasteiger partial charge in [0.25, 0.3) is 11.8 Å². The predicted octanol–water partition coefficient (Wildman–Crippen LogP) is 6.27. The third-order valence-electron chi connectivity index (χ3n) is 5.29. The summed E-state index contributed by atoms with van der Waals surface area (Å²) in [6.45, 7) is 2.45. The van der Waals surface area contributed by atoms with Gasteiger partial charge in [0.05, 0.1) is 11.3 Å². The Morgan fingerprint density at radius 2 is 1.25 bits per heavy atom. The summed E-state index contributed by atoms with van der Waals surface area (Å²) in [6, 6.07) is 34.1. The standard InChI is InChI=1S/C28H24N2O2/c1-2-30(24-13-7-4-8-14-24)28(32)25-15-9-10-16-26(25)29-27(31)23-19-17-22(18-20-23)21-11-5-3-6-12-21/h3-20H,2H2,1H3,(H,29,31). The lowest BCUT2D eigenvalue weighted by Gasteiger charge is -2.22. The number of hydrogen-bond acceptors (Lipinski definition) is 2. The first-order chi connectivity index (χ1) is 15.7. The van der Waals surface area contributed by atoms with Crippen molar-refractivity contribution in [2.45, 2.75) is 6.92 Å². The Bertz CT molecular complexity index is 1200. The predicted molar refractivity (Wildman–Crippen MR) is 130 cm³/mol. The molecule has 2 amide bonds. The van der Waals surface area contributed by atoms with Crippen LogP contribution < -0.4 is 10.2 Å². The van der Waals surface area contributed by atoms with E-state index < -0.39 is 0 Å². The van der Waals surface area contributed by atoms with Gasteiger partial charge >= 0.3 is 0 Å². The molecule has 0 heterocycles. The summed E-state index contributed by atoms with van der Waals surface area (Å²) in [6.07, 6.45) is 0. The largest absolute Gasteiger partial charge is 0.321 e. The van der Waals surface area contributed by atoms with Gasteiger partial charge in [-0.1, -0.05) is 72.8 Å². The fourth-order valence-corrected chi connectivity index (χ4v) is 3.61. The van der Waals surface area contributed by atoms with E-state index in [1.807, 2.05) is 85.8 Å². The van der Waals surface area contributed by atoms with Crippen molar-refractivity contribution in [3.05, 3.63) is 120 Å². The first-order valence-corrected chi connectivity index (χ1v) is 10.6. The molecule has 32 heavy (non-hydrogen) atoms. The first-order valence-electron chi connectivity index (χ1n) is 10.6. The maximum atomic E-state index is 13.3. The summed E-state index contributed by atoms with van der Waals surface area (Å²) in [5, 5.41) is 2.91. The molecule has 4 rings (SSSR count). The maximum Gasteiger partial charge on any atom is 0.260 e. The highest BCUT2D eigenvalue weighted by molar-refractivity contribution is 6.13. The smallest absolute Gasteiger partial charge is 0.260 e. The average molecular weight is 421 g/mol. The van der Waals surface area contributed by atoms with Gasteiger partial charge in [-0.2, -0.15) is 0 Å². The highest BCUT2D eigenvalue weighted by atomic mass is 16.2. The van der Waals surface area contributed by atoms with Crippen molar-refractivity contribution in [3.8, 4) is 11.1 Å². The minimum Gasteiger partial charge on any atom is -0.321 e. The number of rotatable bonds is 6. The molecule has 0 aromatic heterocycles. The summed E-state index contributed by atoms with van der Waals surface area (Å²) >= 11 is 0. The molecule has 4 aromatic carbocycles. The summed E-state index contributed by atoms with van der Waals surface area (Å²) in [4.78, 5) is 27.9. The molecule has 4 aromatic rings. The average Bonchev–Trinajstić information content (AvgIpc) is 2.86. The van der Waals surface area contributed by atoms with Crippen molar-refractivity contribution in [2.24, 2.45) is 0 Å². The van der Waals surface area contributed by atoms with Crippen LogP contribution in [0.2, 0.25) is 0 Å². The zero-order valence-corrected chi connectivity index (χ0v) is 17.9. The Hall–Kier alpha value is -4.18. The lowest BCUT2D eigenvalue weighted by molar-refractivity contribution is 0.0989. The van der Waals surface area contributed by atoms with Gasteiger partial charge in [-0.05, 0) is 54.4 Å².